The van der Waals surface area contributed by atoms with Gasteiger partial charge in [0.2, 0.25) is 0 Å². The highest BCUT2D eigenvalue weighted by Crippen LogP contribution is 2.24. The summed E-state index contributed by atoms with van der Waals surface area (Å²) in [4.78, 5) is 10.5. The average Bonchev–Trinajstić information content (AvgIpc) is 2.39. The molecular weight excluding hydrogens is 236 g/mol. The molecule has 0 saturated carbocycles. The molecule has 6 heteroatoms. The van der Waals surface area contributed by atoms with Gasteiger partial charge in [0, 0.05) is 38.4 Å². The minimum Gasteiger partial charge on any atom is -0.355 e. The summed E-state index contributed by atoms with van der Waals surface area (Å²) >= 11 is 0. The zero-order valence-corrected chi connectivity index (χ0v) is 10.8. The van der Waals surface area contributed by atoms with Crippen LogP contribution in [0.2, 0.25) is 0 Å². The number of nitro benzene ring substituents is 1. The van der Waals surface area contributed by atoms with Crippen LogP contribution in [0.4, 0.5) is 5.69 Å². The van der Waals surface area contributed by atoms with Crippen molar-refractivity contribution in [3.63, 3.8) is 0 Å². The van der Waals surface area contributed by atoms with Crippen molar-refractivity contribution in [2.75, 3.05) is 20.8 Å². The number of nitro groups is 1. The van der Waals surface area contributed by atoms with Gasteiger partial charge in [-0.25, -0.2) is 0 Å². The van der Waals surface area contributed by atoms with E-state index in [0.29, 0.717) is 12.1 Å². The molecule has 0 fully saturated rings. The summed E-state index contributed by atoms with van der Waals surface area (Å²) in [6.45, 7) is 2.32. The van der Waals surface area contributed by atoms with Crippen LogP contribution in [0.5, 0.6) is 0 Å². The van der Waals surface area contributed by atoms with Gasteiger partial charge in [-0.2, -0.15) is 0 Å². The molecule has 0 aliphatic carbocycles. The maximum absolute atomic E-state index is 10.9. The number of methoxy groups -OCH3 is 2. The quantitative estimate of drug-likeness (QED) is 0.457. The van der Waals surface area contributed by atoms with E-state index < -0.39 is 0 Å². The van der Waals surface area contributed by atoms with Crippen LogP contribution in [0.3, 0.4) is 0 Å². The van der Waals surface area contributed by atoms with Crippen LogP contribution in [-0.2, 0) is 9.47 Å². The van der Waals surface area contributed by atoms with E-state index in [-0.39, 0.29) is 22.9 Å². The molecule has 0 aromatic heterocycles. The second-order valence-electron chi connectivity index (χ2n) is 3.85. The van der Waals surface area contributed by atoms with Crippen LogP contribution in [0.25, 0.3) is 0 Å². The highest BCUT2D eigenvalue weighted by Gasteiger charge is 2.18. The molecule has 1 aromatic rings. The summed E-state index contributed by atoms with van der Waals surface area (Å²) in [7, 11) is 3.09. The van der Waals surface area contributed by atoms with Crippen molar-refractivity contribution < 1.29 is 14.4 Å². The molecule has 1 rings (SSSR count). The molecule has 0 aliphatic rings. The number of rotatable bonds is 7. The fourth-order valence-corrected chi connectivity index (χ4v) is 1.67. The predicted octanol–water partition coefficient (Wildman–Crippen LogP) is 1.86. The molecule has 6 nitrogen and oxygen atoms in total. The standard InChI is InChI=1S/C12H18N2O4/c1-9(13-8-12(17-2)18-3)10-6-4-5-7-11(10)14(15)16/h4-7,9,12-13H,8H2,1-3H3. The fourth-order valence-electron chi connectivity index (χ4n) is 1.67. The monoisotopic (exact) mass is 254 g/mol. The fraction of sp³-hybridized carbons (Fsp3) is 0.500. The molecular formula is C12H18N2O4. The lowest BCUT2D eigenvalue weighted by molar-refractivity contribution is -0.385. The van der Waals surface area contributed by atoms with E-state index in [9.17, 15) is 10.1 Å². The van der Waals surface area contributed by atoms with Gasteiger partial charge < -0.3 is 14.8 Å². The van der Waals surface area contributed by atoms with Gasteiger partial charge in [-0.3, -0.25) is 10.1 Å². The number of ether oxygens (including phenoxy) is 2. The summed E-state index contributed by atoms with van der Waals surface area (Å²) in [5, 5.41) is 14.0. The lowest BCUT2D eigenvalue weighted by atomic mass is 10.1. The van der Waals surface area contributed by atoms with Gasteiger partial charge >= 0.3 is 0 Å². The number of hydrogen-bond acceptors (Lipinski definition) is 5. The van der Waals surface area contributed by atoms with Gasteiger partial charge in [0.15, 0.2) is 6.29 Å². The highest BCUT2D eigenvalue weighted by molar-refractivity contribution is 5.41. The molecule has 0 aliphatic heterocycles. The van der Waals surface area contributed by atoms with Gasteiger partial charge in [-0.1, -0.05) is 18.2 Å². The molecule has 1 atom stereocenters. The number of nitrogens with zero attached hydrogens (tertiary/aromatic N) is 1. The number of nitrogens with one attached hydrogen (secondary N) is 1. The maximum atomic E-state index is 10.9. The molecule has 0 radical (unpaired) electrons. The van der Waals surface area contributed by atoms with Crippen molar-refractivity contribution >= 4 is 5.69 Å². The SMILES string of the molecule is COC(CNC(C)c1ccccc1[N+](=O)[O-])OC. The van der Waals surface area contributed by atoms with E-state index in [1.807, 2.05) is 6.92 Å². The molecule has 1 unspecified atom stereocenters. The topological polar surface area (TPSA) is 73.6 Å². The van der Waals surface area contributed by atoms with Crippen molar-refractivity contribution in [1.29, 1.82) is 0 Å². The minimum absolute atomic E-state index is 0.115. The molecule has 0 spiro atoms. The molecule has 0 bridgehead atoms. The summed E-state index contributed by atoms with van der Waals surface area (Å²) in [5.41, 5.74) is 0.761. The first-order valence-corrected chi connectivity index (χ1v) is 5.62. The van der Waals surface area contributed by atoms with E-state index in [4.69, 9.17) is 9.47 Å². The molecule has 0 amide bonds. The van der Waals surface area contributed by atoms with Gasteiger partial charge in [0.05, 0.1) is 4.92 Å². The Bertz CT molecular complexity index is 393. The zero-order valence-electron chi connectivity index (χ0n) is 10.8. The summed E-state index contributed by atoms with van der Waals surface area (Å²) < 4.78 is 10.1. The third kappa shape index (κ3) is 3.76. The van der Waals surface area contributed by atoms with E-state index in [2.05, 4.69) is 5.32 Å². The normalized spacial score (nSPS) is 12.7. The van der Waals surface area contributed by atoms with Crippen molar-refractivity contribution in [3.05, 3.63) is 39.9 Å². The molecule has 0 saturated heterocycles. The number of hydrogen-bond donors (Lipinski definition) is 1. The Kier molecular flexibility index (Phi) is 5.70. The van der Waals surface area contributed by atoms with Crippen LogP contribution < -0.4 is 5.32 Å². The van der Waals surface area contributed by atoms with Crippen molar-refractivity contribution in [2.45, 2.75) is 19.3 Å². The van der Waals surface area contributed by atoms with Crippen molar-refractivity contribution in [1.82, 2.24) is 5.32 Å². The third-order valence-electron chi connectivity index (χ3n) is 2.72. The molecule has 18 heavy (non-hydrogen) atoms. The molecule has 0 heterocycles. The first kappa shape index (κ1) is 14.6. The second kappa shape index (κ2) is 7.05. The van der Waals surface area contributed by atoms with E-state index >= 15 is 0 Å². The highest BCUT2D eigenvalue weighted by atomic mass is 16.7. The minimum atomic E-state index is -0.377. The first-order chi connectivity index (χ1) is 8.60. The van der Waals surface area contributed by atoms with Crippen LogP contribution in [0.1, 0.15) is 18.5 Å². The summed E-state index contributed by atoms with van der Waals surface area (Å²) in [5.74, 6) is 0. The summed E-state index contributed by atoms with van der Waals surface area (Å²) in [6.07, 6.45) is -0.366. The van der Waals surface area contributed by atoms with Crippen LogP contribution in [0, 0.1) is 10.1 Å². The lowest BCUT2D eigenvalue weighted by Gasteiger charge is -2.18. The maximum Gasteiger partial charge on any atom is 0.274 e. The third-order valence-corrected chi connectivity index (χ3v) is 2.72. The Balaban J connectivity index is 2.72. The van der Waals surface area contributed by atoms with Crippen LogP contribution in [-0.4, -0.2) is 32.0 Å². The smallest absolute Gasteiger partial charge is 0.274 e. The Morgan fingerprint density at radius 1 is 1.33 bits per heavy atom. The van der Waals surface area contributed by atoms with Gasteiger partial charge in [-0.15, -0.1) is 0 Å². The lowest BCUT2D eigenvalue weighted by Crippen LogP contribution is -2.31. The van der Waals surface area contributed by atoms with Gasteiger partial charge in [0.1, 0.15) is 0 Å². The van der Waals surface area contributed by atoms with Crippen LogP contribution in [0.15, 0.2) is 24.3 Å². The summed E-state index contributed by atoms with van der Waals surface area (Å²) in [6, 6.07) is 6.52. The van der Waals surface area contributed by atoms with E-state index in [1.165, 1.54) is 6.07 Å². The second-order valence-corrected chi connectivity index (χ2v) is 3.85. The molecule has 1 N–H and O–H groups in total. The molecule has 1 aromatic carbocycles. The van der Waals surface area contributed by atoms with E-state index in [1.54, 1.807) is 32.4 Å². The van der Waals surface area contributed by atoms with Gasteiger partial charge in [-0.05, 0) is 6.92 Å². The number of benzene rings is 1. The largest absolute Gasteiger partial charge is 0.355 e. The van der Waals surface area contributed by atoms with Gasteiger partial charge in [0.25, 0.3) is 5.69 Å². The Morgan fingerprint density at radius 3 is 2.50 bits per heavy atom. The predicted molar refractivity (Wildman–Crippen MR) is 67.3 cm³/mol. The Labute approximate surface area is 106 Å². The van der Waals surface area contributed by atoms with Crippen LogP contribution >= 0.6 is 0 Å². The average molecular weight is 254 g/mol. The zero-order chi connectivity index (χ0) is 13.5. The Hall–Kier alpha value is -1.50. The Morgan fingerprint density at radius 2 is 1.94 bits per heavy atom. The first-order valence-electron chi connectivity index (χ1n) is 5.62. The van der Waals surface area contributed by atoms with Crippen molar-refractivity contribution in [2.24, 2.45) is 0 Å². The van der Waals surface area contributed by atoms with E-state index in [0.717, 1.165) is 0 Å². The molecule has 100 valence electrons. The number of para-hydroxylation sites is 1. The van der Waals surface area contributed by atoms with Crippen molar-refractivity contribution in [3.8, 4) is 0 Å².